The number of carbonyl (C=O) groups excluding carboxylic acids is 3. The molecule has 33 nitrogen and oxygen atoms in total. The van der Waals surface area contributed by atoms with Gasteiger partial charge in [0.2, 0.25) is 5.91 Å². The fourth-order valence-electron chi connectivity index (χ4n) is 7.93. The highest BCUT2D eigenvalue weighted by atomic mass is 16.6. The molecule has 33 heteroatoms. The van der Waals surface area contributed by atoms with Gasteiger partial charge in [-0.3, -0.25) is 9.59 Å². The van der Waals surface area contributed by atoms with Gasteiger partial charge in [-0.25, -0.2) is 0 Å². The van der Waals surface area contributed by atoms with Crippen molar-refractivity contribution in [3.05, 3.63) is 0 Å². The van der Waals surface area contributed by atoms with E-state index < -0.39 is 5.54 Å². The van der Waals surface area contributed by atoms with Crippen LogP contribution in [0.25, 0.3) is 0 Å². The number of amides is 1. The highest BCUT2D eigenvalue weighted by Crippen LogP contribution is 2.13. The van der Waals surface area contributed by atoms with Crippen LogP contribution in [0.3, 0.4) is 0 Å². The van der Waals surface area contributed by atoms with Crippen LogP contribution in [0.2, 0.25) is 0 Å². The summed E-state index contributed by atoms with van der Waals surface area (Å²) < 4.78 is 148. The molecular formula is C69H137N3O30. The molecule has 0 aromatic carbocycles. The highest BCUT2D eigenvalue weighted by Gasteiger charge is 2.26. The minimum Gasteiger partial charge on any atom is -0.382 e. The van der Waals surface area contributed by atoms with Crippen molar-refractivity contribution in [2.75, 3.05) is 377 Å². The van der Waals surface area contributed by atoms with Gasteiger partial charge in [-0.2, -0.15) is 0 Å². The Bertz CT molecular complexity index is 1640. The van der Waals surface area contributed by atoms with Gasteiger partial charge in [-0.05, 0) is 19.3 Å². The van der Waals surface area contributed by atoms with Crippen molar-refractivity contribution in [2.24, 2.45) is 5.73 Å². The first-order valence-electron chi connectivity index (χ1n) is 36.7. The van der Waals surface area contributed by atoms with Gasteiger partial charge in [-0.1, -0.05) is 6.92 Å². The van der Waals surface area contributed by atoms with E-state index in [1.165, 1.54) is 0 Å². The number of hydrogen-bond acceptors (Lipinski definition) is 32. The van der Waals surface area contributed by atoms with E-state index in [1.54, 1.807) is 7.11 Å². The Morgan fingerprint density at radius 1 is 0.294 bits per heavy atom. The number of nitrogens with one attached hydrogen (secondary N) is 2. The van der Waals surface area contributed by atoms with Crippen LogP contribution in [0.4, 0.5) is 0 Å². The summed E-state index contributed by atoms with van der Waals surface area (Å²) in [5.74, 6) is -0.0782. The average Bonchev–Trinajstić information content (AvgIpc) is 0.947. The molecule has 0 saturated heterocycles. The fraction of sp³-hybridized carbons (Fsp3) is 0.957. The minimum atomic E-state index is -0.855. The number of rotatable bonds is 94. The highest BCUT2D eigenvalue weighted by molar-refractivity contribution is 5.78. The number of nitrogens with two attached hydrogens (primary N) is 1. The maximum atomic E-state index is 12.4. The molecule has 1 amide bonds. The first-order chi connectivity index (χ1) is 50.5. The summed E-state index contributed by atoms with van der Waals surface area (Å²) in [4.78, 5) is 35.6. The van der Waals surface area contributed by atoms with Gasteiger partial charge < -0.3 is 149 Å². The van der Waals surface area contributed by atoms with Gasteiger partial charge in [0.1, 0.15) is 12.1 Å². The van der Waals surface area contributed by atoms with Gasteiger partial charge >= 0.3 is 0 Å². The molecule has 0 spiro atoms. The van der Waals surface area contributed by atoms with Gasteiger partial charge in [0.25, 0.3) is 0 Å². The molecule has 0 rings (SSSR count). The maximum absolute atomic E-state index is 12.4. The first kappa shape index (κ1) is 99.7. The summed E-state index contributed by atoms with van der Waals surface area (Å²) in [5, 5.41) is 6.04. The van der Waals surface area contributed by atoms with Crippen LogP contribution in [-0.4, -0.2) is 400 Å². The topological polar surface area (TPSA) is 351 Å². The largest absolute Gasteiger partial charge is 0.382 e. The van der Waals surface area contributed by atoms with E-state index in [9.17, 15) is 14.4 Å². The number of hydrogen-bond donors (Lipinski definition) is 3. The van der Waals surface area contributed by atoms with Crippen LogP contribution >= 0.6 is 0 Å². The SMILES string of the molecule is CCCOCCOCCOCCOCCOCCOCCOCCOCCOCCOCCOCCOCCNCCC(=O)CCOCCCC(N)(COCCC=O)COCCC(=O)NCCOCCOCCOCCOCCOCCOCCOCCOCCOCCOCCOCCOC. The fourth-order valence-corrected chi connectivity index (χ4v) is 7.93. The zero-order chi connectivity index (χ0) is 73.4. The third-order valence-corrected chi connectivity index (χ3v) is 13.3. The predicted octanol–water partition coefficient (Wildman–Crippen LogP) is 0.986. The molecule has 0 aliphatic heterocycles. The summed E-state index contributed by atoms with van der Waals surface area (Å²) in [5.41, 5.74) is 5.80. The van der Waals surface area contributed by atoms with E-state index in [4.69, 9.17) is 134 Å². The van der Waals surface area contributed by atoms with Crippen LogP contribution < -0.4 is 16.4 Å². The lowest BCUT2D eigenvalue weighted by molar-refractivity contribution is -0.122. The van der Waals surface area contributed by atoms with Crippen LogP contribution in [0.1, 0.15) is 51.9 Å². The lowest BCUT2D eigenvalue weighted by atomic mass is 9.97. The molecule has 1 unspecified atom stereocenters. The number of aldehydes is 1. The molecule has 608 valence electrons. The Hall–Kier alpha value is -2.35. The number of carbonyl (C=O) groups is 3. The average molecular weight is 1490 g/mol. The zero-order valence-corrected chi connectivity index (χ0v) is 62.4. The second kappa shape index (κ2) is 89.3. The standard InChI is InChI=1S/C69H137N3O30/c1-3-14-77-23-26-82-31-34-86-39-42-90-47-50-94-55-58-98-63-64-99-59-56-95-51-48-91-43-40-87-35-32-83-27-24-79-19-11-71-10-6-67(74)7-17-78-15-4-9-69(70,65-101-16-5-13-73)66-102-18-8-68(75)72-12-20-80-25-28-84-33-36-88-41-44-92-49-52-96-57-60-100-62-61-97-54-53-93-46-45-89-38-37-85-30-29-81-22-21-76-2/h13,71H,3-12,14-66,70H2,1-2H3,(H,72,75). The summed E-state index contributed by atoms with van der Waals surface area (Å²) >= 11 is 0. The Balaban J connectivity index is 3.54. The second-order valence-corrected chi connectivity index (χ2v) is 22.1. The van der Waals surface area contributed by atoms with Gasteiger partial charge in [0, 0.05) is 65.6 Å². The Labute approximate surface area is 609 Å². The molecule has 0 aromatic heterocycles. The lowest BCUT2D eigenvalue weighted by Crippen LogP contribution is -2.49. The van der Waals surface area contributed by atoms with Crippen molar-refractivity contribution in [3.63, 3.8) is 0 Å². The monoisotopic (exact) mass is 1490 g/mol. The molecule has 0 aliphatic carbocycles. The van der Waals surface area contributed by atoms with Crippen molar-refractivity contribution in [2.45, 2.75) is 57.4 Å². The van der Waals surface area contributed by atoms with Crippen LogP contribution in [0, 0.1) is 0 Å². The van der Waals surface area contributed by atoms with Crippen LogP contribution in [-0.2, 0) is 142 Å². The van der Waals surface area contributed by atoms with E-state index in [-0.39, 0.29) is 51.0 Å². The number of Topliss-reactive ketones (excluding diaryl/α,β-unsaturated/α-hetero) is 1. The molecule has 0 bridgehead atoms. The number of ketones is 1. The Morgan fingerprint density at radius 2 is 0.559 bits per heavy atom. The first-order valence-corrected chi connectivity index (χ1v) is 36.7. The third-order valence-electron chi connectivity index (χ3n) is 13.3. The zero-order valence-electron chi connectivity index (χ0n) is 62.4. The number of ether oxygens (including phenoxy) is 27. The maximum Gasteiger partial charge on any atom is 0.222 e. The second-order valence-electron chi connectivity index (χ2n) is 22.1. The van der Waals surface area contributed by atoms with Crippen molar-refractivity contribution in [3.8, 4) is 0 Å². The van der Waals surface area contributed by atoms with Crippen molar-refractivity contribution < 1.29 is 142 Å². The third kappa shape index (κ3) is 86.6. The Kier molecular flexibility index (Phi) is 87.2. The van der Waals surface area contributed by atoms with E-state index in [2.05, 4.69) is 17.6 Å². The number of methoxy groups -OCH3 is 1. The van der Waals surface area contributed by atoms with Crippen molar-refractivity contribution in [1.29, 1.82) is 0 Å². The van der Waals surface area contributed by atoms with E-state index in [0.717, 1.165) is 19.3 Å². The minimum absolute atomic E-state index is 0.0998. The van der Waals surface area contributed by atoms with Crippen LogP contribution in [0.5, 0.6) is 0 Å². The molecule has 1 atom stereocenters. The van der Waals surface area contributed by atoms with E-state index >= 15 is 0 Å². The summed E-state index contributed by atoms with van der Waals surface area (Å²) in [6.07, 6.45) is 4.01. The Morgan fingerprint density at radius 3 is 0.863 bits per heavy atom. The normalized spacial score (nSPS) is 12.3. The van der Waals surface area contributed by atoms with Crippen molar-refractivity contribution in [1.82, 2.24) is 10.6 Å². The van der Waals surface area contributed by atoms with Crippen molar-refractivity contribution >= 4 is 18.0 Å². The quantitative estimate of drug-likeness (QED) is 0.0564. The molecule has 0 aliphatic rings. The van der Waals surface area contributed by atoms with Gasteiger partial charge in [0.05, 0.1) is 342 Å². The molecule has 0 fully saturated rings. The molecule has 0 aromatic rings. The predicted molar refractivity (Wildman–Crippen MR) is 375 cm³/mol. The smallest absolute Gasteiger partial charge is 0.222 e. The molecule has 0 heterocycles. The summed E-state index contributed by atoms with van der Waals surface area (Å²) in [6, 6.07) is 0. The molecule has 4 N–H and O–H groups in total. The molecule has 102 heavy (non-hydrogen) atoms. The summed E-state index contributed by atoms with van der Waals surface area (Å²) in [6.45, 7) is 28.1. The van der Waals surface area contributed by atoms with E-state index in [0.29, 0.717) is 362 Å². The van der Waals surface area contributed by atoms with Gasteiger partial charge in [0.15, 0.2) is 0 Å². The van der Waals surface area contributed by atoms with Gasteiger partial charge in [-0.15, -0.1) is 0 Å². The summed E-state index contributed by atoms with van der Waals surface area (Å²) in [7, 11) is 1.64. The van der Waals surface area contributed by atoms with E-state index in [1.807, 2.05) is 0 Å². The lowest BCUT2D eigenvalue weighted by Gasteiger charge is -2.29. The molecule has 0 saturated carbocycles. The van der Waals surface area contributed by atoms with Crippen LogP contribution in [0.15, 0.2) is 0 Å². The molecule has 0 radical (unpaired) electrons. The molecular weight excluding hydrogens is 1350 g/mol.